The Hall–Kier alpha value is -1.34. The molecule has 2 aliphatic heterocycles. The van der Waals surface area contributed by atoms with Gasteiger partial charge in [0.2, 0.25) is 0 Å². The Morgan fingerprint density at radius 2 is 1.81 bits per heavy atom. The molecule has 1 atom stereocenters. The first-order valence-electron chi connectivity index (χ1n) is 7.75. The number of hydrogen-bond donors (Lipinski definition) is 2. The fraction of sp³-hybridized carbons (Fsp3) is 0.857. The number of carbonyl (C=O) groups is 2. The molecular formula is C14H25N3O4. The first-order valence-corrected chi connectivity index (χ1v) is 7.75. The molecule has 0 aromatic rings. The summed E-state index contributed by atoms with van der Waals surface area (Å²) >= 11 is 0. The van der Waals surface area contributed by atoms with Gasteiger partial charge in [0.1, 0.15) is 6.04 Å². The van der Waals surface area contributed by atoms with Crippen LogP contribution in [0.5, 0.6) is 0 Å². The number of carboxylic acids is 1. The minimum absolute atomic E-state index is 0.126. The Kier molecular flexibility index (Phi) is 5.81. The maximum atomic E-state index is 12.6. The molecule has 7 heteroatoms. The lowest BCUT2D eigenvalue weighted by Gasteiger charge is -2.36. The number of β-amino-alcohol motifs (C(OH)–C–C–N with tert-alkyl or cyclic N) is 1. The van der Waals surface area contributed by atoms with Crippen LogP contribution in [0, 0.1) is 0 Å². The van der Waals surface area contributed by atoms with Gasteiger partial charge in [-0.05, 0) is 32.2 Å². The number of nitrogens with zero attached hydrogens (tertiary/aromatic N) is 3. The molecule has 21 heavy (non-hydrogen) atoms. The van der Waals surface area contributed by atoms with Crippen molar-refractivity contribution >= 4 is 12.0 Å². The molecule has 2 amide bonds. The van der Waals surface area contributed by atoms with Gasteiger partial charge in [-0.2, -0.15) is 0 Å². The standard InChI is InChI=1S/C14H25N3O4/c18-11-10-15-5-3-6-16(9-8-15)14(21)17-7-2-1-4-12(17)13(19)20/h12,18H,1-11H2,(H,19,20). The lowest BCUT2D eigenvalue weighted by Crippen LogP contribution is -2.53. The van der Waals surface area contributed by atoms with Crippen LogP contribution in [0.25, 0.3) is 0 Å². The van der Waals surface area contributed by atoms with E-state index in [-0.39, 0.29) is 12.6 Å². The van der Waals surface area contributed by atoms with Crippen molar-refractivity contribution in [1.82, 2.24) is 14.7 Å². The van der Waals surface area contributed by atoms with Gasteiger partial charge in [-0.3, -0.25) is 4.90 Å². The summed E-state index contributed by atoms with van der Waals surface area (Å²) in [6.45, 7) is 4.15. The largest absolute Gasteiger partial charge is 0.480 e. The van der Waals surface area contributed by atoms with E-state index in [4.69, 9.17) is 5.11 Å². The van der Waals surface area contributed by atoms with Crippen molar-refractivity contribution in [3.05, 3.63) is 0 Å². The predicted octanol–water partition coefficient (Wildman–Crippen LogP) is 0.0455. The van der Waals surface area contributed by atoms with Gasteiger partial charge in [-0.15, -0.1) is 0 Å². The van der Waals surface area contributed by atoms with Crippen LogP contribution in [-0.4, -0.2) is 88.8 Å². The highest BCUT2D eigenvalue weighted by Gasteiger charge is 2.34. The molecule has 2 fully saturated rings. The molecule has 0 aromatic carbocycles. The lowest BCUT2D eigenvalue weighted by molar-refractivity contribution is -0.143. The highest BCUT2D eigenvalue weighted by atomic mass is 16.4. The number of aliphatic carboxylic acids is 1. The predicted molar refractivity (Wildman–Crippen MR) is 77.1 cm³/mol. The maximum Gasteiger partial charge on any atom is 0.326 e. The van der Waals surface area contributed by atoms with E-state index < -0.39 is 12.0 Å². The molecule has 0 aliphatic carbocycles. The highest BCUT2D eigenvalue weighted by molar-refractivity contribution is 5.83. The van der Waals surface area contributed by atoms with E-state index in [0.29, 0.717) is 32.6 Å². The van der Waals surface area contributed by atoms with Gasteiger partial charge < -0.3 is 20.0 Å². The monoisotopic (exact) mass is 299 g/mol. The Labute approximate surface area is 125 Å². The summed E-state index contributed by atoms with van der Waals surface area (Å²) in [4.78, 5) is 29.3. The summed E-state index contributed by atoms with van der Waals surface area (Å²) in [6.07, 6.45) is 3.15. The van der Waals surface area contributed by atoms with E-state index in [2.05, 4.69) is 4.90 Å². The number of rotatable bonds is 3. The van der Waals surface area contributed by atoms with Crippen LogP contribution >= 0.6 is 0 Å². The molecule has 0 spiro atoms. The number of amides is 2. The Morgan fingerprint density at radius 3 is 2.52 bits per heavy atom. The number of carbonyl (C=O) groups excluding carboxylic acids is 1. The zero-order valence-corrected chi connectivity index (χ0v) is 12.4. The van der Waals surface area contributed by atoms with Crippen LogP contribution in [0.1, 0.15) is 25.7 Å². The van der Waals surface area contributed by atoms with Gasteiger partial charge >= 0.3 is 12.0 Å². The molecule has 2 saturated heterocycles. The summed E-state index contributed by atoms with van der Waals surface area (Å²) in [5.74, 6) is -0.903. The van der Waals surface area contributed by atoms with E-state index >= 15 is 0 Å². The van der Waals surface area contributed by atoms with Crippen LogP contribution in [0.2, 0.25) is 0 Å². The van der Waals surface area contributed by atoms with Crippen LogP contribution in [0.3, 0.4) is 0 Å². The van der Waals surface area contributed by atoms with Crippen LogP contribution in [0.4, 0.5) is 4.79 Å². The number of likely N-dealkylation sites (tertiary alicyclic amines) is 1. The number of aliphatic hydroxyl groups is 1. The second kappa shape index (κ2) is 7.61. The van der Waals surface area contributed by atoms with Crippen LogP contribution in [0.15, 0.2) is 0 Å². The minimum atomic E-state index is -0.903. The third-order valence-corrected chi connectivity index (χ3v) is 4.31. The van der Waals surface area contributed by atoms with Gasteiger partial charge in [-0.1, -0.05) is 0 Å². The summed E-state index contributed by atoms with van der Waals surface area (Å²) in [5, 5.41) is 18.3. The van der Waals surface area contributed by atoms with Crippen molar-refractivity contribution in [2.75, 3.05) is 45.9 Å². The van der Waals surface area contributed by atoms with Gasteiger partial charge in [0.15, 0.2) is 0 Å². The van der Waals surface area contributed by atoms with Crippen LogP contribution < -0.4 is 0 Å². The van der Waals surface area contributed by atoms with Crippen molar-refractivity contribution in [3.8, 4) is 0 Å². The normalized spacial score (nSPS) is 24.7. The van der Waals surface area contributed by atoms with Crippen molar-refractivity contribution in [2.45, 2.75) is 31.7 Å². The Morgan fingerprint density at radius 1 is 1.00 bits per heavy atom. The summed E-state index contributed by atoms with van der Waals surface area (Å²) in [6, 6.07) is -0.823. The van der Waals surface area contributed by atoms with E-state index in [1.807, 2.05) is 0 Å². The Bertz CT molecular complexity index is 377. The minimum Gasteiger partial charge on any atom is -0.480 e. The fourth-order valence-corrected chi connectivity index (χ4v) is 3.13. The average Bonchev–Trinajstić information content (AvgIpc) is 2.72. The molecule has 2 rings (SSSR count). The number of piperidine rings is 1. The molecular weight excluding hydrogens is 274 g/mol. The smallest absolute Gasteiger partial charge is 0.326 e. The maximum absolute atomic E-state index is 12.6. The molecule has 0 radical (unpaired) electrons. The second-order valence-corrected chi connectivity index (χ2v) is 5.73. The summed E-state index contributed by atoms with van der Waals surface area (Å²) in [5.41, 5.74) is 0. The average molecular weight is 299 g/mol. The number of urea groups is 1. The van der Waals surface area contributed by atoms with Crippen molar-refractivity contribution in [2.24, 2.45) is 0 Å². The topological polar surface area (TPSA) is 84.3 Å². The fourth-order valence-electron chi connectivity index (χ4n) is 3.13. The molecule has 120 valence electrons. The third-order valence-electron chi connectivity index (χ3n) is 4.31. The zero-order chi connectivity index (χ0) is 15.2. The quantitative estimate of drug-likeness (QED) is 0.769. The zero-order valence-electron chi connectivity index (χ0n) is 12.4. The number of aliphatic hydroxyl groups excluding tert-OH is 1. The van der Waals surface area contributed by atoms with Gasteiger partial charge in [0.25, 0.3) is 0 Å². The van der Waals surface area contributed by atoms with E-state index in [0.717, 1.165) is 32.4 Å². The molecule has 7 nitrogen and oxygen atoms in total. The van der Waals surface area contributed by atoms with Crippen molar-refractivity contribution < 1.29 is 19.8 Å². The van der Waals surface area contributed by atoms with E-state index in [1.54, 1.807) is 4.90 Å². The summed E-state index contributed by atoms with van der Waals surface area (Å²) < 4.78 is 0. The van der Waals surface area contributed by atoms with Gasteiger partial charge in [0.05, 0.1) is 6.61 Å². The highest BCUT2D eigenvalue weighted by Crippen LogP contribution is 2.19. The molecule has 0 bridgehead atoms. The number of carboxylic acid groups (broad SMARTS) is 1. The first kappa shape index (κ1) is 16.0. The molecule has 2 N–H and O–H groups in total. The third kappa shape index (κ3) is 4.07. The Balaban J connectivity index is 1.96. The molecule has 1 unspecified atom stereocenters. The van der Waals surface area contributed by atoms with Crippen molar-refractivity contribution in [1.29, 1.82) is 0 Å². The molecule has 0 saturated carbocycles. The number of hydrogen-bond acceptors (Lipinski definition) is 4. The van der Waals surface area contributed by atoms with Crippen molar-refractivity contribution in [3.63, 3.8) is 0 Å². The molecule has 2 aliphatic rings. The van der Waals surface area contributed by atoms with Gasteiger partial charge in [0, 0.05) is 32.7 Å². The molecule has 0 aromatic heterocycles. The van der Waals surface area contributed by atoms with E-state index in [1.165, 1.54) is 4.90 Å². The van der Waals surface area contributed by atoms with E-state index in [9.17, 15) is 14.7 Å². The summed E-state index contributed by atoms with van der Waals surface area (Å²) in [7, 11) is 0. The lowest BCUT2D eigenvalue weighted by atomic mass is 10.0. The second-order valence-electron chi connectivity index (χ2n) is 5.73. The van der Waals surface area contributed by atoms with Gasteiger partial charge in [-0.25, -0.2) is 9.59 Å². The van der Waals surface area contributed by atoms with Crippen LogP contribution in [-0.2, 0) is 4.79 Å². The SMILES string of the molecule is O=C(O)C1CCCCN1C(=O)N1CCCN(CCO)CC1. The first-order chi connectivity index (χ1) is 10.1. The molecule has 2 heterocycles.